The number of halogens is 1. The van der Waals surface area contributed by atoms with Crippen molar-refractivity contribution in [1.82, 2.24) is 14.8 Å². The molecule has 0 saturated heterocycles. The van der Waals surface area contributed by atoms with Gasteiger partial charge in [0.1, 0.15) is 0 Å². The number of para-hydroxylation sites is 1. The van der Waals surface area contributed by atoms with Crippen molar-refractivity contribution in [3.05, 3.63) is 95.3 Å². The van der Waals surface area contributed by atoms with Gasteiger partial charge in [0.25, 0.3) is 5.91 Å². The number of nitrogens with one attached hydrogen (secondary N) is 1. The second-order valence-corrected chi connectivity index (χ2v) is 6.91. The molecule has 1 amide bonds. The Kier molecular flexibility index (Phi) is 5.40. The topological polar surface area (TPSA) is 59.8 Å². The SMILES string of the molecule is CCc1ccccc1NC(=O)c1nc(-c2ccccc2)n(-c2ccc(Cl)cc2)n1. The van der Waals surface area contributed by atoms with Crippen LogP contribution in [-0.2, 0) is 6.42 Å². The Morgan fingerprint density at radius 1 is 0.966 bits per heavy atom. The van der Waals surface area contributed by atoms with Crippen LogP contribution >= 0.6 is 11.6 Å². The van der Waals surface area contributed by atoms with Crippen LogP contribution in [0.25, 0.3) is 17.1 Å². The van der Waals surface area contributed by atoms with E-state index >= 15 is 0 Å². The van der Waals surface area contributed by atoms with Crippen LogP contribution in [0.1, 0.15) is 23.1 Å². The number of amides is 1. The van der Waals surface area contributed by atoms with Gasteiger partial charge in [-0.05, 0) is 42.3 Å². The number of nitrogens with zero attached hydrogens (tertiary/aromatic N) is 3. The molecule has 0 atom stereocenters. The van der Waals surface area contributed by atoms with Crippen LogP contribution in [0.4, 0.5) is 5.69 Å². The van der Waals surface area contributed by atoms with Gasteiger partial charge in [0.15, 0.2) is 5.82 Å². The van der Waals surface area contributed by atoms with Gasteiger partial charge < -0.3 is 5.32 Å². The van der Waals surface area contributed by atoms with E-state index in [9.17, 15) is 4.79 Å². The highest BCUT2D eigenvalue weighted by atomic mass is 35.5. The molecule has 1 heterocycles. The Morgan fingerprint density at radius 3 is 2.38 bits per heavy atom. The molecule has 29 heavy (non-hydrogen) atoms. The molecule has 0 aliphatic rings. The third kappa shape index (κ3) is 4.05. The molecular formula is C23H19ClN4O. The molecule has 4 rings (SSSR count). The molecule has 0 saturated carbocycles. The lowest BCUT2D eigenvalue weighted by atomic mass is 10.1. The average molecular weight is 403 g/mol. The summed E-state index contributed by atoms with van der Waals surface area (Å²) >= 11 is 6.02. The van der Waals surface area contributed by atoms with Crippen molar-refractivity contribution in [2.45, 2.75) is 13.3 Å². The van der Waals surface area contributed by atoms with Crippen molar-refractivity contribution in [1.29, 1.82) is 0 Å². The molecule has 1 aromatic heterocycles. The van der Waals surface area contributed by atoms with Crippen LogP contribution in [-0.4, -0.2) is 20.7 Å². The first-order chi connectivity index (χ1) is 14.2. The predicted octanol–water partition coefficient (Wildman–Crippen LogP) is 5.40. The first-order valence-electron chi connectivity index (χ1n) is 9.33. The number of carbonyl (C=O) groups excluding carboxylic acids is 1. The Morgan fingerprint density at radius 2 is 1.66 bits per heavy atom. The van der Waals surface area contributed by atoms with E-state index in [1.54, 1.807) is 16.8 Å². The maximum atomic E-state index is 12.9. The third-order valence-corrected chi connectivity index (χ3v) is 4.81. The summed E-state index contributed by atoms with van der Waals surface area (Å²) in [6.07, 6.45) is 0.818. The molecule has 0 spiro atoms. The number of anilines is 1. The molecule has 0 radical (unpaired) electrons. The number of rotatable bonds is 5. The first-order valence-corrected chi connectivity index (χ1v) is 9.71. The zero-order chi connectivity index (χ0) is 20.2. The second kappa shape index (κ2) is 8.29. The number of aromatic nitrogens is 3. The molecule has 0 aliphatic carbocycles. The molecule has 6 heteroatoms. The highest BCUT2D eigenvalue weighted by Crippen LogP contribution is 2.23. The van der Waals surface area contributed by atoms with Gasteiger partial charge in [0.2, 0.25) is 5.82 Å². The molecule has 144 valence electrons. The summed E-state index contributed by atoms with van der Waals surface area (Å²) in [6, 6.07) is 24.6. The van der Waals surface area contributed by atoms with E-state index in [1.165, 1.54) is 0 Å². The summed E-state index contributed by atoms with van der Waals surface area (Å²) < 4.78 is 1.66. The van der Waals surface area contributed by atoms with Crippen LogP contribution in [0.15, 0.2) is 78.9 Å². The third-order valence-electron chi connectivity index (χ3n) is 4.56. The van der Waals surface area contributed by atoms with Gasteiger partial charge in [0, 0.05) is 16.3 Å². The van der Waals surface area contributed by atoms with Crippen LogP contribution < -0.4 is 5.32 Å². The van der Waals surface area contributed by atoms with Gasteiger partial charge >= 0.3 is 0 Å². The van der Waals surface area contributed by atoms with Crippen molar-refractivity contribution in [2.24, 2.45) is 0 Å². The normalized spacial score (nSPS) is 10.7. The van der Waals surface area contributed by atoms with Gasteiger partial charge in [-0.3, -0.25) is 4.79 Å². The molecule has 5 nitrogen and oxygen atoms in total. The van der Waals surface area contributed by atoms with E-state index in [2.05, 4.69) is 15.4 Å². The minimum Gasteiger partial charge on any atom is -0.319 e. The first kappa shape index (κ1) is 18.9. The lowest BCUT2D eigenvalue weighted by Gasteiger charge is -2.07. The molecule has 0 aliphatic heterocycles. The summed E-state index contributed by atoms with van der Waals surface area (Å²) in [5.74, 6) is 0.336. The van der Waals surface area contributed by atoms with E-state index < -0.39 is 0 Å². The standard InChI is InChI=1S/C23H19ClN4O/c1-2-16-8-6-7-11-20(16)25-23(29)21-26-22(17-9-4-3-5-10-17)28(27-21)19-14-12-18(24)13-15-19/h3-15H,2H2,1H3,(H,25,29). The van der Waals surface area contributed by atoms with Gasteiger partial charge in [-0.1, -0.05) is 67.1 Å². The Bertz CT molecular complexity index is 1140. The van der Waals surface area contributed by atoms with Crippen molar-refractivity contribution < 1.29 is 4.79 Å². The zero-order valence-electron chi connectivity index (χ0n) is 15.8. The lowest BCUT2D eigenvalue weighted by molar-refractivity contribution is 0.101. The monoisotopic (exact) mass is 402 g/mol. The van der Waals surface area contributed by atoms with Gasteiger partial charge in [0.05, 0.1) is 5.69 Å². The van der Waals surface area contributed by atoms with E-state index in [-0.39, 0.29) is 11.7 Å². The van der Waals surface area contributed by atoms with Crippen molar-refractivity contribution in [3.63, 3.8) is 0 Å². The predicted molar refractivity (Wildman–Crippen MR) is 116 cm³/mol. The van der Waals surface area contributed by atoms with Crippen LogP contribution in [0.3, 0.4) is 0 Å². The summed E-state index contributed by atoms with van der Waals surface area (Å²) in [7, 11) is 0. The number of aryl methyl sites for hydroxylation is 1. The fourth-order valence-electron chi connectivity index (χ4n) is 3.07. The highest BCUT2D eigenvalue weighted by Gasteiger charge is 2.19. The molecule has 0 bridgehead atoms. The second-order valence-electron chi connectivity index (χ2n) is 6.48. The van der Waals surface area contributed by atoms with E-state index in [0.717, 1.165) is 28.9 Å². The average Bonchev–Trinajstić information content (AvgIpc) is 3.21. The smallest absolute Gasteiger partial charge is 0.295 e. The summed E-state index contributed by atoms with van der Waals surface area (Å²) in [5, 5.41) is 8.05. The minimum absolute atomic E-state index is 0.102. The summed E-state index contributed by atoms with van der Waals surface area (Å²) in [6.45, 7) is 2.05. The Balaban J connectivity index is 1.74. The van der Waals surface area contributed by atoms with Crippen LogP contribution in [0.2, 0.25) is 5.02 Å². The molecule has 3 aromatic carbocycles. The molecule has 0 unspecified atom stereocenters. The van der Waals surface area contributed by atoms with Crippen LogP contribution in [0.5, 0.6) is 0 Å². The maximum absolute atomic E-state index is 12.9. The van der Waals surface area contributed by atoms with E-state index in [0.29, 0.717) is 10.8 Å². The van der Waals surface area contributed by atoms with Crippen molar-refractivity contribution in [2.75, 3.05) is 5.32 Å². The van der Waals surface area contributed by atoms with Crippen molar-refractivity contribution >= 4 is 23.2 Å². The molecule has 4 aromatic rings. The number of carbonyl (C=O) groups is 1. The van der Waals surface area contributed by atoms with E-state index in [1.807, 2.05) is 73.7 Å². The van der Waals surface area contributed by atoms with Gasteiger partial charge in [-0.2, -0.15) is 0 Å². The van der Waals surface area contributed by atoms with Gasteiger partial charge in [-0.15, -0.1) is 5.10 Å². The number of benzene rings is 3. The van der Waals surface area contributed by atoms with Crippen molar-refractivity contribution in [3.8, 4) is 17.1 Å². The highest BCUT2D eigenvalue weighted by molar-refractivity contribution is 6.30. The summed E-state index contributed by atoms with van der Waals surface area (Å²) in [4.78, 5) is 17.4. The molecular weight excluding hydrogens is 384 g/mol. The number of hydrogen-bond acceptors (Lipinski definition) is 3. The molecule has 0 fully saturated rings. The Hall–Kier alpha value is -3.44. The fraction of sp³-hybridized carbons (Fsp3) is 0.0870. The minimum atomic E-state index is -0.351. The van der Waals surface area contributed by atoms with E-state index in [4.69, 9.17) is 11.6 Å². The quantitative estimate of drug-likeness (QED) is 0.486. The van der Waals surface area contributed by atoms with Gasteiger partial charge in [-0.25, -0.2) is 9.67 Å². The Labute approximate surface area is 174 Å². The lowest BCUT2D eigenvalue weighted by Crippen LogP contribution is -2.15. The van der Waals surface area contributed by atoms with Crippen LogP contribution in [0, 0.1) is 0 Å². The summed E-state index contributed by atoms with van der Waals surface area (Å²) in [5.41, 5.74) is 3.46. The maximum Gasteiger partial charge on any atom is 0.295 e. The fourth-order valence-corrected chi connectivity index (χ4v) is 3.20. The largest absolute Gasteiger partial charge is 0.319 e. The molecule has 1 N–H and O–H groups in total. The number of hydrogen-bond donors (Lipinski definition) is 1. The zero-order valence-corrected chi connectivity index (χ0v) is 16.6.